The van der Waals surface area contributed by atoms with Crippen LogP contribution in [0.5, 0.6) is 5.75 Å². The van der Waals surface area contributed by atoms with Crippen molar-refractivity contribution in [3.8, 4) is 5.75 Å². The minimum Gasteiger partial charge on any atom is -0.496 e. The molecule has 0 unspecified atom stereocenters. The van der Waals surface area contributed by atoms with Gasteiger partial charge in [-0.1, -0.05) is 17.7 Å². The standard InChI is InChI=1S/C19H20ClN3O3/c1-26-17-6-5-13(20)12-15(17)19(25)23-10-7-14(8-11-23)22-18(24)16-4-2-3-9-21-16/h2-6,9,12,14H,7-8,10-11H2,1H3,(H,22,24). The molecule has 1 N–H and O–H groups in total. The number of pyridine rings is 1. The van der Waals surface area contributed by atoms with Gasteiger partial charge in [-0.15, -0.1) is 0 Å². The van der Waals surface area contributed by atoms with Crippen LogP contribution < -0.4 is 10.1 Å². The third kappa shape index (κ3) is 4.14. The molecule has 6 nitrogen and oxygen atoms in total. The van der Waals surface area contributed by atoms with Crippen molar-refractivity contribution in [2.45, 2.75) is 18.9 Å². The number of carbonyl (C=O) groups excluding carboxylic acids is 2. The van der Waals surface area contributed by atoms with Gasteiger partial charge < -0.3 is 15.0 Å². The van der Waals surface area contributed by atoms with Crippen LogP contribution in [0, 0.1) is 0 Å². The molecule has 0 saturated carbocycles. The topological polar surface area (TPSA) is 71.5 Å². The summed E-state index contributed by atoms with van der Waals surface area (Å²) in [5, 5.41) is 3.47. The Morgan fingerprint density at radius 2 is 2.00 bits per heavy atom. The highest BCUT2D eigenvalue weighted by atomic mass is 35.5. The van der Waals surface area contributed by atoms with E-state index >= 15 is 0 Å². The summed E-state index contributed by atoms with van der Waals surface area (Å²) in [6.07, 6.45) is 2.97. The molecular weight excluding hydrogens is 354 g/mol. The molecule has 0 radical (unpaired) electrons. The number of aromatic nitrogens is 1. The normalized spacial score (nSPS) is 14.8. The van der Waals surface area contributed by atoms with Gasteiger partial charge in [0.05, 0.1) is 12.7 Å². The fraction of sp³-hybridized carbons (Fsp3) is 0.316. The number of rotatable bonds is 4. The van der Waals surface area contributed by atoms with E-state index in [-0.39, 0.29) is 17.9 Å². The van der Waals surface area contributed by atoms with Gasteiger partial charge in [-0.2, -0.15) is 0 Å². The second-order valence-corrected chi connectivity index (χ2v) is 6.54. The van der Waals surface area contributed by atoms with Crippen LogP contribution in [0.15, 0.2) is 42.6 Å². The third-order valence-corrected chi connectivity index (χ3v) is 4.64. The van der Waals surface area contributed by atoms with Crippen molar-refractivity contribution in [2.75, 3.05) is 20.2 Å². The summed E-state index contributed by atoms with van der Waals surface area (Å²) in [5.41, 5.74) is 0.852. The van der Waals surface area contributed by atoms with Crippen LogP contribution in [0.4, 0.5) is 0 Å². The van der Waals surface area contributed by atoms with Gasteiger partial charge in [0.1, 0.15) is 11.4 Å². The fourth-order valence-corrected chi connectivity index (χ4v) is 3.17. The Morgan fingerprint density at radius 1 is 1.23 bits per heavy atom. The molecule has 136 valence electrons. The van der Waals surface area contributed by atoms with Crippen LogP contribution in [0.25, 0.3) is 0 Å². The van der Waals surface area contributed by atoms with Gasteiger partial charge in [0.15, 0.2) is 0 Å². The van der Waals surface area contributed by atoms with Crippen molar-refractivity contribution in [1.29, 1.82) is 0 Å². The number of ether oxygens (including phenoxy) is 1. The van der Waals surface area contributed by atoms with Crippen molar-refractivity contribution in [1.82, 2.24) is 15.2 Å². The zero-order chi connectivity index (χ0) is 18.5. The summed E-state index contributed by atoms with van der Waals surface area (Å²) in [5.74, 6) is 0.204. The van der Waals surface area contributed by atoms with E-state index in [9.17, 15) is 9.59 Å². The number of nitrogens with zero attached hydrogens (tertiary/aromatic N) is 2. The fourth-order valence-electron chi connectivity index (χ4n) is 3.00. The van der Waals surface area contributed by atoms with E-state index in [1.165, 1.54) is 7.11 Å². The molecule has 7 heteroatoms. The molecule has 1 saturated heterocycles. The molecule has 2 amide bonds. The maximum atomic E-state index is 12.8. The third-order valence-electron chi connectivity index (χ3n) is 4.41. The quantitative estimate of drug-likeness (QED) is 0.894. The lowest BCUT2D eigenvalue weighted by molar-refractivity contribution is 0.0694. The number of methoxy groups -OCH3 is 1. The molecule has 1 aromatic heterocycles. The van der Waals surface area contributed by atoms with E-state index in [4.69, 9.17) is 16.3 Å². The number of carbonyl (C=O) groups is 2. The van der Waals surface area contributed by atoms with Gasteiger partial charge in [0.2, 0.25) is 0 Å². The van der Waals surface area contributed by atoms with Crippen molar-refractivity contribution in [2.24, 2.45) is 0 Å². The molecule has 2 aromatic rings. The van der Waals surface area contributed by atoms with E-state index in [1.807, 2.05) is 0 Å². The Kier molecular flexibility index (Phi) is 5.73. The van der Waals surface area contributed by atoms with Crippen molar-refractivity contribution >= 4 is 23.4 Å². The average molecular weight is 374 g/mol. The average Bonchev–Trinajstić information content (AvgIpc) is 2.68. The molecule has 3 rings (SSSR count). The molecule has 2 heterocycles. The minimum absolute atomic E-state index is 0.0230. The summed E-state index contributed by atoms with van der Waals surface area (Å²) in [6, 6.07) is 10.3. The summed E-state index contributed by atoms with van der Waals surface area (Å²) in [7, 11) is 1.53. The lowest BCUT2D eigenvalue weighted by atomic mass is 10.0. The van der Waals surface area contributed by atoms with Crippen molar-refractivity contribution < 1.29 is 14.3 Å². The number of benzene rings is 1. The zero-order valence-electron chi connectivity index (χ0n) is 14.4. The van der Waals surface area contributed by atoms with E-state index in [1.54, 1.807) is 47.5 Å². The molecular formula is C19H20ClN3O3. The monoisotopic (exact) mass is 373 g/mol. The van der Waals surface area contributed by atoms with E-state index < -0.39 is 0 Å². The molecule has 0 aliphatic carbocycles. The Bertz CT molecular complexity index is 790. The predicted molar refractivity (Wildman–Crippen MR) is 98.6 cm³/mol. The van der Waals surface area contributed by atoms with Crippen LogP contribution in [-0.4, -0.2) is 47.9 Å². The highest BCUT2D eigenvalue weighted by Crippen LogP contribution is 2.25. The number of nitrogens with one attached hydrogen (secondary N) is 1. The second kappa shape index (κ2) is 8.19. The lowest BCUT2D eigenvalue weighted by Gasteiger charge is -2.32. The Hall–Kier alpha value is -2.60. The Labute approximate surface area is 157 Å². The molecule has 1 aromatic carbocycles. The van der Waals surface area contributed by atoms with Gasteiger partial charge in [-0.3, -0.25) is 14.6 Å². The molecule has 0 spiro atoms. The van der Waals surface area contributed by atoms with Crippen LogP contribution in [0.2, 0.25) is 5.02 Å². The first-order valence-electron chi connectivity index (χ1n) is 8.43. The SMILES string of the molecule is COc1ccc(Cl)cc1C(=O)N1CCC(NC(=O)c2ccccn2)CC1. The second-order valence-electron chi connectivity index (χ2n) is 6.10. The van der Waals surface area contributed by atoms with Gasteiger partial charge in [0.25, 0.3) is 11.8 Å². The highest BCUT2D eigenvalue weighted by Gasteiger charge is 2.26. The summed E-state index contributed by atoms with van der Waals surface area (Å²) in [6.45, 7) is 1.11. The summed E-state index contributed by atoms with van der Waals surface area (Å²) in [4.78, 5) is 30.8. The minimum atomic E-state index is -0.188. The van der Waals surface area contributed by atoms with Crippen LogP contribution in [0.1, 0.15) is 33.7 Å². The van der Waals surface area contributed by atoms with E-state index in [0.29, 0.717) is 48.0 Å². The number of halogens is 1. The van der Waals surface area contributed by atoms with Crippen LogP contribution in [0.3, 0.4) is 0 Å². The smallest absolute Gasteiger partial charge is 0.270 e. The highest BCUT2D eigenvalue weighted by molar-refractivity contribution is 6.31. The molecule has 1 aliphatic heterocycles. The number of hydrogen-bond acceptors (Lipinski definition) is 4. The number of hydrogen-bond donors (Lipinski definition) is 1. The van der Waals surface area contributed by atoms with Gasteiger partial charge in [-0.25, -0.2) is 0 Å². The first kappa shape index (κ1) is 18.2. The maximum absolute atomic E-state index is 12.8. The summed E-state index contributed by atoms with van der Waals surface area (Å²) >= 11 is 6.02. The first-order chi connectivity index (χ1) is 12.6. The van der Waals surface area contributed by atoms with E-state index in [0.717, 1.165) is 0 Å². The Balaban J connectivity index is 1.59. The molecule has 1 fully saturated rings. The molecule has 0 bridgehead atoms. The van der Waals surface area contributed by atoms with Gasteiger partial charge in [-0.05, 0) is 43.2 Å². The van der Waals surface area contributed by atoms with E-state index in [2.05, 4.69) is 10.3 Å². The van der Waals surface area contributed by atoms with Crippen LogP contribution >= 0.6 is 11.6 Å². The Morgan fingerprint density at radius 3 is 2.65 bits per heavy atom. The molecule has 0 atom stereocenters. The van der Waals surface area contributed by atoms with Crippen molar-refractivity contribution in [3.63, 3.8) is 0 Å². The number of likely N-dealkylation sites (tertiary alicyclic amines) is 1. The summed E-state index contributed by atoms with van der Waals surface area (Å²) < 4.78 is 5.26. The maximum Gasteiger partial charge on any atom is 0.270 e. The van der Waals surface area contributed by atoms with Crippen molar-refractivity contribution in [3.05, 3.63) is 58.9 Å². The van der Waals surface area contributed by atoms with Gasteiger partial charge >= 0.3 is 0 Å². The van der Waals surface area contributed by atoms with Crippen LogP contribution in [-0.2, 0) is 0 Å². The molecule has 1 aliphatic rings. The predicted octanol–water partition coefficient (Wildman–Crippen LogP) is 2.78. The van der Waals surface area contributed by atoms with Gasteiger partial charge in [0, 0.05) is 30.4 Å². The largest absolute Gasteiger partial charge is 0.496 e. The number of piperidine rings is 1. The number of amides is 2. The first-order valence-corrected chi connectivity index (χ1v) is 8.81. The molecule has 26 heavy (non-hydrogen) atoms. The lowest BCUT2D eigenvalue weighted by Crippen LogP contribution is -2.46. The zero-order valence-corrected chi connectivity index (χ0v) is 15.2.